The summed E-state index contributed by atoms with van der Waals surface area (Å²) in [4.78, 5) is 18.1. The van der Waals surface area contributed by atoms with Crippen LogP contribution in [0.4, 0.5) is 4.39 Å². The van der Waals surface area contributed by atoms with Gasteiger partial charge in [-0.15, -0.1) is 0 Å². The zero-order chi connectivity index (χ0) is 23.8. The monoisotopic (exact) mass is 474 g/mol. The predicted molar refractivity (Wildman–Crippen MR) is 129 cm³/mol. The van der Waals surface area contributed by atoms with Crippen molar-refractivity contribution in [3.63, 3.8) is 0 Å². The molecule has 0 aliphatic carbocycles. The van der Waals surface area contributed by atoms with E-state index in [9.17, 15) is 9.18 Å². The lowest BCUT2D eigenvalue weighted by atomic mass is 10.1. The van der Waals surface area contributed by atoms with Crippen LogP contribution in [-0.4, -0.2) is 19.2 Å². The molecule has 0 spiro atoms. The minimum Gasteiger partial charge on any atom is -0.485 e. The predicted octanol–water partition coefficient (Wildman–Crippen LogP) is 5.54. The van der Waals surface area contributed by atoms with Crippen LogP contribution >= 0.6 is 11.6 Å². The Hall–Kier alpha value is -3.97. The standard InChI is InChI=1S/C26H20ClFN4O2/c1-16-14-22(30-32(16)20-11-9-19(27)10-12-20)24-17(2)29-25-23(8-5-13-31(25)26(24)33)34-15-18-6-3-4-7-21(18)28/h3-14H,15H2,1-2H3. The smallest absolute Gasteiger partial charge is 0.267 e. The molecule has 5 aromatic rings. The molecular weight excluding hydrogens is 455 g/mol. The number of ether oxygens (including phenoxy) is 1. The first-order chi connectivity index (χ1) is 16.4. The molecule has 34 heavy (non-hydrogen) atoms. The fourth-order valence-electron chi connectivity index (χ4n) is 3.86. The molecule has 0 bridgehead atoms. The molecule has 5 rings (SSSR count). The highest BCUT2D eigenvalue weighted by Gasteiger charge is 2.18. The molecule has 2 aromatic carbocycles. The minimum atomic E-state index is -0.349. The lowest BCUT2D eigenvalue weighted by Crippen LogP contribution is -2.19. The summed E-state index contributed by atoms with van der Waals surface area (Å²) in [6, 6.07) is 19.0. The molecule has 0 atom stereocenters. The fraction of sp³-hybridized carbons (Fsp3) is 0.115. The van der Waals surface area contributed by atoms with E-state index in [0.29, 0.717) is 38.9 Å². The van der Waals surface area contributed by atoms with Crippen molar-refractivity contribution in [3.8, 4) is 22.7 Å². The number of halogens is 2. The Balaban J connectivity index is 1.55. The van der Waals surface area contributed by atoms with Crippen LogP contribution in [-0.2, 0) is 6.61 Å². The molecule has 0 amide bonds. The topological polar surface area (TPSA) is 61.4 Å². The molecule has 0 radical (unpaired) electrons. The summed E-state index contributed by atoms with van der Waals surface area (Å²) in [5, 5.41) is 5.30. The van der Waals surface area contributed by atoms with Gasteiger partial charge in [-0.3, -0.25) is 9.20 Å². The fourth-order valence-corrected chi connectivity index (χ4v) is 3.99. The van der Waals surface area contributed by atoms with Crippen LogP contribution in [0.1, 0.15) is 17.0 Å². The van der Waals surface area contributed by atoms with Crippen LogP contribution in [0, 0.1) is 19.7 Å². The van der Waals surface area contributed by atoms with Crippen molar-refractivity contribution in [2.24, 2.45) is 0 Å². The highest BCUT2D eigenvalue weighted by molar-refractivity contribution is 6.30. The molecule has 0 aliphatic rings. The van der Waals surface area contributed by atoms with Gasteiger partial charge in [-0.1, -0.05) is 29.8 Å². The van der Waals surface area contributed by atoms with Gasteiger partial charge < -0.3 is 4.74 Å². The number of nitrogens with zero attached hydrogens (tertiary/aromatic N) is 4. The summed E-state index contributed by atoms with van der Waals surface area (Å²) < 4.78 is 23.0. The van der Waals surface area contributed by atoms with Crippen LogP contribution in [0.25, 0.3) is 22.6 Å². The molecule has 0 saturated carbocycles. The second kappa shape index (κ2) is 8.76. The molecule has 6 nitrogen and oxygen atoms in total. The summed E-state index contributed by atoms with van der Waals surface area (Å²) >= 11 is 6.00. The highest BCUT2D eigenvalue weighted by Crippen LogP contribution is 2.25. The maximum absolute atomic E-state index is 14.0. The van der Waals surface area contributed by atoms with E-state index in [1.165, 1.54) is 10.5 Å². The van der Waals surface area contributed by atoms with E-state index < -0.39 is 0 Å². The Bertz CT molecular complexity index is 1570. The lowest BCUT2D eigenvalue weighted by molar-refractivity contribution is 0.301. The van der Waals surface area contributed by atoms with Gasteiger partial charge in [0.05, 0.1) is 16.9 Å². The summed E-state index contributed by atoms with van der Waals surface area (Å²) in [6.07, 6.45) is 1.63. The molecule has 0 unspecified atom stereocenters. The van der Waals surface area contributed by atoms with Gasteiger partial charge in [-0.05, 0) is 62.4 Å². The van der Waals surface area contributed by atoms with Gasteiger partial charge in [-0.2, -0.15) is 5.10 Å². The van der Waals surface area contributed by atoms with Crippen LogP contribution in [0.15, 0.2) is 77.7 Å². The summed E-state index contributed by atoms with van der Waals surface area (Å²) in [5.74, 6) is 0.0401. The minimum absolute atomic E-state index is 0.0215. The first kappa shape index (κ1) is 21.9. The third-order valence-electron chi connectivity index (χ3n) is 5.56. The molecule has 3 aromatic heterocycles. The second-order valence-electron chi connectivity index (χ2n) is 7.88. The van der Waals surface area contributed by atoms with E-state index in [2.05, 4.69) is 10.1 Å². The van der Waals surface area contributed by atoms with E-state index in [0.717, 1.165) is 11.4 Å². The number of benzene rings is 2. The van der Waals surface area contributed by atoms with Crippen LogP contribution in [0.3, 0.4) is 0 Å². The Morgan fingerprint density at radius 3 is 2.56 bits per heavy atom. The highest BCUT2D eigenvalue weighted by atomic mass is 35.5. The van der Waals surface area contributed by atoms with Gasteiger partial charge in [0.15, 0.2) is 11.4 Å². The van der Waals surface area contributed by atoms with Crippen molar-refractivity contribution >= 4 is 17.2 Å². The first-order valence-corrected chi connectivity index (χ1v) is 11.0. The van der Waals surface area contributed by atoms with Crippen molar-refractivity contribution < 1.29 is 9.13 Å². The van der Waals surface area contributed by atoms with Crippen molar-refractivity contribution in [2.45, 2.75) is 20.5 Å². The maximum atomic E-state index is 14.0. The van der Waals surface area contributed by atoms with Gasteiger partial charge in [0.1, 0.15) is 18.1 Å². The van der Waals surface area contributed by atoms with Crippen molar-refractivity contribution in [1.82, 2.24) is 19.2 Å². The van der Waals surface area contributed by atoms with Crippen molar-refractivity contribution in [1.29, 1.82) is 0 Å². The quantitative estimate of drug-likeness (QED) is 0.336. The molecule has 3 heterocycles. The molecule has 0 N–H and O–H groups in total. The third kappa shape index (κ3) is 3.95. The van der Waals surface area contributed by atoms with Gasteiger partial charge in [0.25, 0.3) is 5.56 Å². The van der Waals surface area contributed by atoms with Crippen LogP contribution < -0.4 is 10.3 Å². The Morgan fingerprint density at radius 2 is 1.79 bits per heavy atom. The Labute approximate surface area is 199 Å². The van der Waals surface area contributed by atoms with Crippen LogP contribution in [0.5, 0.6) is 5.75 Å². The van der Waals surface area contributed by atoms with E-state index in [4.69, 9.17) is 16.3 Å². The molecule has 170 valence electrons. The molecule has 0 fully saturated rings. The lowest BCUT2D eigenvalue weighted by Gasteiger charge is -2.12. The second-order valence-corrected chi connectivity index (χ2v) is 8.32. The van der Waals surface area contributed by atoms with E-state index >= 15 is 0 Å². The number of fused-ring (bicyclic) bond motifs is 1. The number of hydrogen-bond donors (Lipinski definition) is 0. The van der Waals surface area contributed by atoms with E-state index in [1.54, 1.807) is 60.3 Å². The summed E-state index contributed by atoms with van der Waals surface area (Å²) in [7, 11) is 0. The van der Waals surface area contributed by atoms with Gasteiger partial charge >= 0.3 is 0 Å². The number of rotatable bonds is 5. The normalized spacial score (nSPS) is 11.2. The third-order valence-corrected chi connectivity index (χ3v) is 5.81. The van der Waals surface area contributed by atoms with E-state index in [-0.39, 0.29) is 18.0 Å². The summed E-state index contributed by atoms with van der Waals surface area (Å²) in [5.41, 5.74) is 3.66. The maximum Gasteiger partial charge on any atom is 0.267 e. The zero-order valence-electron chi connectivity index (χ0n) is 18.5. The molecule has 0 saturated heterocycles. The Morgan fingerprint density at radius 1 is 1.03 bits per heavy atom. The molecule has 0 aliphatic heterocycles. The zero-order valence-corrected chi connectivity index (χ0v) is 19.3. The van der Waals surface area contributed by atoms with Crippen LogP contribution in [0.2, 0.25) is 5.02 Å². The molecule has 8 heteroatoms. The summed E-state index contributed by atoms with van der Waals surface area (Å²) in [6.45, 7) is 3.70. The van der Waals surface area contributed by atoms with Crippen molar-refractivity contribution in [3.05, 3.63) is 111 Å². The van der Waals surface area contributed by atoms with E-state index in [1.807, 2.05) is 25.1 Å². The first-order valence-electron chi connectivity index (χ1n) is 10.6. The number of pyridine rings is 1. The molecular formula is C26H20ClFN4O2. The SMILES string of the molecule is Cc1nc2c(OCc3ccccc3F)cccn2c(=O)c1-c1cc(C)n(-c2ccc(Cl)cc2)n1. The largest absolute Gasteiger partial charge is 0.485 e. The number of hydrogen-bond acceptors (Lipinski definition) is 4. The van der Waals surface area contributed by atoms with Gasteiger partial charge in [0, 0.05) is 22.5 Å². The van der Waals surface area contributed by atoms with Gasteiger partial charge in [0.2, 0.25) is 0 Å². The Kier molecular flexibility index (Phi) is 5.63. The number of aromatic nitrogens is 4. The average Bonchev–Trinajstić information content (AvgIpc) is 3.20. The van der Waals surface area contributed by atoms with Crippen molar-refractivity contribution in [2.75, 3.05) is 0 Å². The average molecular weight is 475 g/mol. The number of aryl methyl sites for hydroxylation is 2. The van der Waals surface area contributed by atoms with Gasteiger partial charge in [-0.25, -0.2) is 14.1 Å².